The number of unbranched alkanes of at least 4 members (excludes halogenated alkanes) is 1. The highest BCUT2D eigenvalue weighted by Gasteiger charge is 2.10. The summed E-state index contributed by atoms with van der Waals surface area (Å²) in [5.41, 5.74) is 2.57. The quantitative estimate of drug-likeness (QED) is 0.470. The number of phenolic OH excluding ortho intramolecular Hbond substituents is 1. The van der Waals surface area contributed by atoms with E-state index in [0.717, 1.165) is 50.0 Å². The first-order valence-electron chi connectivity index (χ1n) is 9.65. The Hall–Kier alpha value is -2.66. The number of ether oxygens (including phenoxy) is 1. The lowest BCUT2D eigenvalue weighted by molar-refractivity contribution is -0.117. The van der Waals surface area contributed by atoms with Gasteiger partial charge in [0.05, 0.1) is 12.7 Å². The van der Waals surface area contributed by atoms with E-state index in [1.165, 1.54) is 7.11 Å². The molecule has 0 atom stereocenters. The maximum Gasteiger partial charge on any atom is 0.337 e. The second kappa shape index (κ2) is 11.2. The Balaban J connectivity index is 1.99. The van der Waals surface area contributed by atoms with E-state index in [1.54, 1.807) is 25.1 Å². The second-order valence-electron chi connectivity index (χ2n) is 7.00. The Morgan fingerprint density at radius 3 is 2.36 bits per heavy atom. The number of para-hydroxylation sites is 1. The molecule has 0 bridgehead atoms. The molecule has 0 amide bonds. The van der Waals surface area contributed by atoms with Gasteiger partial charge in [0.15, 0.2) is 0 Å². The van der Waals surface area contributed by atoms with Crippen molar-refractivity contribution >= 4 is 11.8 Å². The second-order valence-corrected chi connectivity index (χ2v) is 7.00. The Bertz CT molecular complexity index is 770. The van der Waals surface area contributed by atoms with Crippen LogP contribution in [0.5, 0.6) is 5.75 Å². The number of carbonyl (C=O) groups is 2. The summed E-state index contributed by atoms with van der Waals surface area (Å²) in [6, 6.07) is 14.8. The fourth-order valence-corrected chi connectivity index (χ4v) is 3.10. The van der Waals surface area contributed by atoms with E-state index in [4.69, 9.17) is 4.74 Å². The summed E-state index contributed by atoms with van der Waals surface area (Å²) in [6.45, 7) is 4.05. The molecule has 0 spiro atoms. The minimum atomic E-state index is -0.341. The van der Waals surface area contributed by atoms with Crippen LogP contribution in [0.25, 0.3) is 0 Å². The number of hydrogen-bond donors (Lipinski definition) is 1. The van der Waals surface area contributed by atoms with Crippen molar-refractivity contribution in [2.75, 3.05) is 20.2 Å². The average molecular weight is 383 g/mol. The Labute approximate surface area is 166 Å². The molecular formula is C23H29NO4. The number of esters is 1. The minimum Gasteiger partial charge on any atom is -0.508 e. The number of benzene rings is 2. The number of nitrogens with zero attached hydrogens (tertiary/aromatic N) is 1. The third-order valence-corrected chi connectivity index (χ3v) is 4.72. The molecule has 2 aromatic carbocycles. The third-order valence-electron chi connectivity index (χ3n) is 4.72. The monoisotopic (exact) mass is 383 g/mol. The van der Waals surface area contributed by atoms with Gasteiger partial charge in [-0.15, -0.1) is 0 Å². The first-order chi connectivity index (χ1) is 13.5. The molecule has 0 radical (unpaired) electrons. The van der Waals surface area contributed by atoms with Gasteiger partial charge in [-0.25, -0.2) is 4.79 Å². The van der Waals surface area contributed by atoms with E-state index in [9.17, 15) is 14.7 Å². The molecule has 28 heavy (non-hydrogen) atoms. The number of hydrogen-bond acceptors (Lipinski definition) is 5. The normalized spacial score (nSPS) is 10.8. The van der Waals surface area contributed by atoms with Crippen LogP contribution in [-0.4, -0.2) is 42.0 Å². The van der Waals surface area contributed by atoms with Gasteiger partial charge >= 0.3 is 5.97 Å². The van der Waals surface area contributed by atoms with Gasteiger partial charge in [-0.1, -0.05) is 30.3 Å². The molecule has 0 unspecified atom stereocenters. The van der Waals surface area contributed by atoms with Crippen LogP contribution in [-0.2, 0) is 22.5 Å². The van der Waals surface area contributed by atoms with Gasteiger partial charge in [-0.3, -0.25) is 4.90 Å². The largest absolute Gasteiger partial charge is 0.508 e. The lowest BCUT2D eigenvalue weighted by Gasteiger charge is -2.23. The van der Waals surface area contributed by atoms with Crippen molar-refractivity contribution in [1.82, 2.24) is 4.90 Å². The molecule has 2 aromatic rings. The summed E-state index contributed by atoms with van der Waals surface area (Å²) in [5.74, 6) is 0.202. The number of methoxy groups -OCH3 is 1. The molecule has 2 rings (SSSR count). The topological polar surface area (TPSA) is 66.8 Å². The minimum absolute atomic E-state index is 0.221. The zero-order valence-corrected chi connectivity index (χ0v) is 16.7. The van der Waals surface area contributed by atoms with E-state index in [-0.39, 0.29) is 11.8 Å². The van der Waals surface area contributed by atoms with Crippen molar-refractivity contribution in [2.24, 2.45) is 0 Å². The predicted octanol–water partition coefficient (Wildman–Crippen LogP) is 3.98. The number of aromatic hydroxyl groups is 1. The lowest BCUT2D eigenvalue weighted by atomic mass is 10.1. The van der Waals surface area contributed by atoms with Crippen LogP contribution >= 0.6 is 0 Å². The molecule has 0 aliphatic heterocycles. The zero-order chi connectivity index (χ0) is 20.4. The van der Waals surface area contributed by atoms with Gasteiger partial charge in [0, 0.05) is 19.5 Å². The van der Waals surface area contributed by atoms with Crippen molar-refractivity contribution in [2.45, 2.75) is 39.2 Å². The van der Waals surface area contributed by atoms with E-state index in [0.29, 0.717) is 17.7 Å². The first-order valence-corrected chi connectivity index (χ1v) is 9.65. The highest BCUT2D eigenvalue weighted by Crippen LogP contribution is 2.17. The molecule has 0 aliphatic rings. The lowest BCUT2D eigenvalue weighted by Crippen LogP contribution is -2.27. The van der Waals surface area contributed by atoms with Gasteiger partial charge in [0.2, 0.25) is 0 Å². The number of ketones is 1. The highest BCUT2D eigenvalue weighted by molar-refractivity contribution is 5.89. The Kier molecular flexibility index (Phi) is 8.69. The maximum atomic E-state index is 11.6. The van der Waals surface area contributed by atoms with Crippen molar-refractivity contribution in [3.63, 3.8) is 0 Å². The summed E-state index contributed by atoms with van der Waals surface area (Å²) in [5, 5.41) is 9.99. The molecule has 0 heterocycles. The Morgan fingerprint density at radius 2 is 1.71 bits per heavy atom. The summed E-state index contributed by atoms with van der Waals surface area (Å²) in [4.78, 5) is 25.1. The van der Waals surface area contributed by atoms with Crippen molar-refractivity contribution in [1.29, 1.82) is 0 Å². The number of rotatable bonds is 11. The van der Waals surface area contributed by atoms with Gasteiger partial charge in [0.1, 0.15) is 11.5 Å². The predicted molar refractivity (Wildman–Crippen MR) is 109 cm³/mol. The van der Waals surface area contributed by atoms with Crippen LogP contribution in [0.3, 0.4) is 0 Å². The van der Waals surface area contributed by atoms with Crippen LogP contribution in [0.1, 0.15) is 47.7 Å². The number of phenols is 1. The molecule has 0 saturated carbocycles. The molecule has 0 aromatic heterocycles. The molecule has 0 fully saturated rings. The fourth-order valence-electron chi connectivity index (χ4n) is 3.10. The average Bonchev–Trinajstić information content (AvgIpc) is 2.70. The SMILES string of the molecule is COC(=O)c1ccc(CN(CCCCC(C)=O)CCc2ccccc2O)cc1. The maximum absolute atomic E-state index is 11.6. The van der Waals surface area contributed by atoms with Crippen molar-refractivity contribution in [3.8, 4) is 5.75 Å². The van der Waals surface area contributed by atoms with Crippen LogP contribution in [0.2, 0.25) is 0 Å². The molecular weight excluding hydrogens is 354 g/mol. The Morgan fingerprint density at radius 1 is 1.00 bits per heavy atom. The molecule has 0 aliphatic carbocycles. The standard InChI is InChI=1S/C23H29NO4/c1-18(25)7-5-6-15-24(16-14-20-8-3-4-9-22(20)26)17-19-10-12-21(13-11-19)23(27)28-2/h3-4,8-13,26H,5-7,14-17H2,1-2H3. The van der Waals surface area contributed by atoms with Crippen LogP contribution in [0.4, 0.5) is 0 Å². The van der Waals surface area contributed by atoms with Gasteiger partial charge < -0.3 is 14.6 Å². The van der Waals surface area contributed by atoms with Crippen molar-refractivity contribution in [3.05, 3.63) is 65.2 Å². The summed E-state index contributed by atoms with van der Waals surface area (Å²) < 4.78 is 4.74. The van der Waals surface area contributed by atoms with Gasteiger partial charge in [0.25, 0.3) is 0 Å². The van der Waals surface area contributed by atoms with Crippen LogP contribution < -0.4 is 0 Å². The molecule has 5 nitrogen and oxygen atoms in total. The van der Waals surface area contributed by atoms with E-state index < -0.39 is 0 Å². The highest BCUT2D eigenvalue weighted by atomic mass is 16.5. The van der Waals surface area contributed by atoms with E-state index in [2.05, 4.69) is 4.90 Å². The van der Waals surface area contributed by atoms with Crippen LogP contribution in [0, 0.1) is 0 Å². The van der Waals surface area contributed by atoms with E-state index in [1.807, 2.05) is 30.3 Å². The van der Waals surface area contributed by atoms with Gasteiger partial charge in [-0.05, 0) is 62.1 Å². The zero-order valence-electron chi connectivity index (χ0n) is 16.7. The number of carbonyl (C=O) groups excluding carboxylic acids is 2. The molecule has 150 valence electrons. The molecule has 5 heteroatoms. The smallest absolute Gasteiger partial charge is 0.337 e. The van der Waals surface area contributed by atoms with Gasteiger partial charge in [-0.2, -0.15) is 0 Å². The summed E-state index contributed by atoms with van der Waals surface area (Å²) in [6.07, 6.45) is 3.19. The number of Topliss-reactive ketones (excluding diaryl/α,β-unsaturated/α-hetero) is 1. The van der Waals surface area contributed by atoms with E-state index >= 15 is 0 Å². The fraction of sp³-hybridized carbons (Fsp3) is 0.391. The summed E-state index contributed by atoms with van der Waals surface area (Å²) in [7, 11) is 1.37. The molecule has 0 saturated heterocycles. The third kappa shape index (κ3) is 7.16. The summed E-state index contributed by atoms with van der Waals surface area (Å²) >= 11 is 0. The molecule has 1 N–H and O–H groups in total. The first kappa shape index (κ1) is 21.6. The van der Waals surface area contributed by atoms with Crippen molar-refractivity contribution < 1.29 is 19.4 Å². The van der Waals surface area contributed by atoms with Crippen LogP contribution in [0.15, 0.2) is 48.5 Å².